The molecule has 3 nitrogen and oxygen atoms in total. The number of fused-ring (bicyclic) bond motifs is 2. The van der Waals surface area contributed by atoms with Crippen molar-refractivity contribution in [1.29, 1.82) is 0 Å². The van der Waals surface area contributed by atoms with Gasteiger partial charge in [0, 0.05) is 11.1 Å². The highest BCUT2D eigenvalue weighted by Crippen LogP contribution is 2.37. The van der Waals surface area contributed by atoms with Crippen LogP contribution in [0.4, 0.5) is 0 Å². The number of aryl methyl sites for hydroxylation is 1. The highest BCUT2D eigenvalue weighted by molar-refractivity contribution is 7.93. The van der Waals surface area contributed by atoms with Gasteiger partial charge in [0.2, 0.25) is 10.0 Å². The fourth-order valence-electron chi connectivity index (χ4n) is 3.61. The lowest BCUT2D eigenvalue weighted by Gasteiger charge is -2.20. The van der Waals surface area contributed by atoms with Gasteiger partial charge < -0.3 is 0 Å². The Morgan fingerprint density at radius 1 is 1.00 bits per heavy atom. The zero-order valence-corrected chi connectivity index (χ0v) is 14.7. The fourth-order valence-corrected chi connectivity index (χ4v) is 5.31. The third-order valence-electron chi connectivity index (χ3n) is 4.87. The summed E-state index contributed by atoms with van der Waals surface area (Å²) in [7, 11) is -3.50. The number of allylic oxidation sites excluding steroid dienone is 1. The molecule has 2 aliphatic carbocycles. The minimum atomic E-state index is -3.50. The summed E-state index contributed by atoms with van der Waals surface area (Å²) in [5.41, 5.74) is 4.27. The van der Waals surface area contributed by atoms with E-state index in [1.54, 1.807) is 6.08 Å². The molecule has 1 atom stereocenters. The van der Waals surface area contributed by atoms with Gasteiger partial charge in [0.05, 0.1) is 4.91 Å². The topological polar surface area (TPSA) is 46.2 Å². The maximum absolute atomic E-state index is 12.8. The lowest BCUT2D eigenvalue weighted by molar-refractivity contribution is 0.559. The molecular weight excluding hydrogens is 342 g/mol. The quantitative estimate of drug-likeness (QED) is 0.891. The Kier molecular flexibility index (Phi) is 3.99. The number of benzene rings is 2. The first-order chi connectivity index (χ1) is 11.5. The fraction of sp³-hybridized carbons (Fsp3) is 0.263. The van der Waals surface area contributed by atoms with Crippen LogP contribution in [-0.4, -0.2) is 8.42 Å². The maximum atomic E-state index is 12.8. The van der Waals surface area contributed by atoms with Crippen molar-refractivity contribution >= 4 is 27.7 Å². The van der Waals surface area contributed by atoms with E-state index in [-0.39, 0.29) is 6.04 Å². The Bertz CT molecular complexity index is 934. The summed E-state index contributed by atoms with van der Waals surface area (Å²) in [5.74, 6) is 0. The van der Waals surface area contributed by atoms with Gasteiger partial charge in [0.1, 0.15) is 0 Å². The van der Waals surface area contributed by atoms with Crippen molar-refractivity contribution in [3.63, 3.8) is 0 Å². The first-order valence-electron chi connectivity index (χ1n) is 8.13. The van der Waals surface area contributed by atoms with Crippen LogP contribution in [0.25, 0.3) is 6.08 Å². The van der Waals surface area contributed by atoms with Crippen LogP contribution in [0.1, 0.15) is 41.1 Å². The van der Waals surface area contributed by atoms with Crippen LogP contribution in [0.2, 0.25) is 5.02 Å². The molecule has 0 spiro atoms. The number of halogens is 1. The molecule has 0 saturated carbocycles. The van der Waals surface area contributed by atoms with E-state index in [1.807, 2.05) is 36.4 Å². The van der Waals surface area contributed by atoms with Gasteiger partial charge in [-0.15, -0.1) is 0 Å². The van der Waals surface area contributed by atoms with Crippen molar-refractivity contribution in [2.75, 3.05) is 0 Å². The largest absolute Gasteiger partial charge is 0.237 e. The summed E-state index contributed by atoms with van der Waals surface area (Å²) in [4.78, 5) is 0.469. The van der Waals surface area contributed by atoms with E-state index in [0.717, 1.165) is 41.0 Å². The second-order valence-corrected chi connectivity index (χ2v) is 8.50. The summed E-state index contributed by atoms with van der Waals surface area (Å²) >= 11 is 6.22. The molecule has 0 bridgehead atoms. The molecule has 0 aliphatic heterocycles. The van der Waals surface area contributed by atoms with Crippen molar-refractivity contribution < 1.29 is 8.42 Å². The molecule has 0 heterocycles. The number of hydrogen-bond donors (Lipinski definition) is 1. The van der Waals surface area contributed by atoms with E-state index in [2.05, 4.69) is 10.8 Å². The minimum absolute atomic E-state index is 0.193. The van der Waals surface area contributed by atoms with E-state index in [1.165, 1.54) is 5.56 Å². The highest BCUT2D eigenvalue weighted by atomic mass is 35.5. The maximum Gasteiger partial charge on any atom is 0.237 e. The summed E-state index contributed by atoms with van der Waals surface area (Å²) in [6, 6.07) is 13.5. The Balaban J connectivity index is 1.62. The molecule has 2 aromatic rings. The molecule has 0 amide bonds. The van der Waals surface area contributed by atoms with Crippen LogP contribution in [-0.2, 0) is 22.9 Å². The van der Waals surface area contributed by atoms with Crippen molar-refractivity contribution in [3.05, 3.63) is 74.6 Å². The molecule has 0 aromatic heterocycles. The number of nitrogens with one attached hydrogen (secondary N) is 1. The lowest BCUT2D eigenvalue weighted by atomic mass is 9.98. The standard InChI is InChI=1S/C19H18ClNO2S/c20-18-7-3-6-17-16(18)10-11-19(17)21-24(22,23)15-9-8-13-4-1-2-5-14(13)12-15/h1-7,12,19,21H,8-11H2/t19-/m0/s1. The van der Waals surface area contributed by atoms with Gasteiger partial charge in [-0.05, 0) is 60.1 Å². The van der Waals surface area contributed by atoms with E-state index in [4.69, 9.17) is 11.6 Å². The summed E-state index contributed by atoms with van der Waals surface area (Å²) in [6.45, 7) is 0. The third kappa shape index (κ3) is 2.79. The van der Waals surface area contributed by atoms with Crippen molar-refractivity contribution in [1.82, 2.24) is 4.72 Å². The predicted octanol–water partition coefficient (Wildman–Crippen LogP) is 4.23. The predicted molar refractivity (Wildman–Crippen MR) is 97.3 cm³/mol. The third-order valence-corrected chi connectivity index (χ3v) is 6.83. The van der Waals surface area contributed by atoms with Crippen LogP contribution in [0.15, 0.2) is 47.4 Å². The van der Waals surface area contributed by atoms with Gasteiger partial charge >= 0.3 is 0 Å². The molecule has 124 valence electrons. The molecule has 5 heteroatoms. The molecule has 0 unspecified atom stereocenters. The van der Waals surface area contributed by atoms with Gasteiger partial charge in [-0.1, -0.05) is 48.0 Å². The van der Waals surface area contributed by atoms with Crippen molar-refractivity contribution in [2.45, 2.75) is 31.7 Å². The van der Waals surface area contributed by atoms with E-state index in [0.29, 0.717) is 11.3 Å². The normalized spacial score (nSPS) is 19.5. The monoisotopic (exact) mass is 359 g/mol. The summed E-state index contributed by atoms with van der Waals surface area (Å²) < 4.78 is 28.6. The van der Waals surface area contributed by atoms with Gasteiger partial charge in [-0.3, -0.25) is 0 Å². The van der Waals surface area contributed by atoms with Crippen LogP contribution < -0.4 is 4.72 Å². The van der Waals surface area contributed by atoms with Crippen LogP contribution in [0, 0.1) is 0 Å². The minimum Gasteiger partial charge on any atom is -0.207 e. The Morgan fingerprint density at radius 3 is 2.71 bits per heavy atom. The Labute approximate surface area is 147 Å². The number of sulfonamides is 1. The number of rotatable bonds is 3. The smallest absolute Gasteiger partial charge is 0.207 e. The van der Waals surface area contributed by atoms with Gasteiger partial charge in [-0.25, -0.2) is 13.1 Å². The lowest BCUT2D eigenvalue weighted by Crippen LogP contribution is -2.29. The SMILES string of the molecule is O=S(=O)(N[C@H]1CCc2c(Cl)cccc21)C1=Cc2ccccc2CC1. The van der Waals surface area contributed by atoms with E-state index < -0.39 is 10.0 Å². The zero-order chi connectivity index (χ0) is 16.7. The molecular formula is C19H18ClNO2S. The van der Waals surface area contributed by atoms with Gasteiger partial charge in [-0.2, -0.15) is 0 Å². The zero-order valence-electron chi connectivity index (χ0n) is 13.1. The molecule has 0 radical (unpaired) electrons. The molecule has 1 N–H and O–H groups in total. The molecule has 2 aromatic carbocycles. The highest BCUT2D eigenvalue weighted by Gasteiger charge is 2.30. The summed E-state index contributed by atoms with van der Waals surface area (Å²) in [6.07, 6.45) is 4.67. The molecule has 0 saturated heterocycles. The molecule has 24 heavy (non-hydrogen) atoms. The van der Waals surface area contributed by atoms with E-state index >= 15 is 0 Å². The molecule has 4 rings (SSSR count). The first kappa shape index (κ1) is 15.9. The first-order valence-corrected chi connectivity index (χ1v) is 9.99. The number of hydrogen-bond acceptors (Lipinski definition) is 2. The average molecular weight is 360 g/mol. The summed E-state index contributed by atoms with van der Waals surface area (Å²) in [5, 5.41) is 0.722. The van der Waals surface area contributed by atoms with Crippen molar-refractivity contribution in [3.8, 4) is 0 Å². The molecule has 2 aliphatic rings. The van der Waals surface area contributed by atoms with Gasteiger partial charge in [0.15, 0.2) is 0 Å². The molecule has 0 fully saturated rings. The van der Waals surface area contributed by atoms with Crippen molar-refractivity contribution in [2.24, 2.45) is 0 Å². The Morgan fingerprint density at radius 2 is 1.83 bits per heavy atom. The van der Waals surface area contributed by atoms with Crippen LogP contribution >= 0.6 is 11.6 Å². The van der Waals surface area contributed by atoms with Crippen LogP contribution in [0.5, 0.6) is 0 Å². The second-order valence-electron chi connectivity index (χ2n) is 6.33. The van der Waals surface area contributed by atoms with E-state index in [9.17, 15) is 8.42 Å². The van der Waals surface area contributed by atoms with Crippen LogP contribution in [0.3, 0.4) is 0 Å². The second kappa shape index (κ2) is 6.03. The Hall–Kier alpha value is -1.62. The van der Waals surface area contributed by atoms with Gasteiger partial charge in [0.25, 0.3) is 0 Å². The average Bonchev–Trinajstić information content (AvgIpc) is 2.98.